The minimum atomic E-state index is -0.581. The maximum atomic E-state index is 13.4. The van der Waals surface area contributed by atoms with E-state index in [1.54, 1.807) is 0 Å². The topological polar surface area (TPSA) is 67.9 Å². The summed E-state index contributed by atoms with van der Waals surface area (Å²) in [6.45, 7) is 0.502. The molecule has 1 unspecified atom stereocenters. The molecule has 0 aromatic heterocycles. The van der Waals surface area contributed by atoms with Gasteiger partial charge in [-0.3, -0.25) is 4.79 Å². The van der Waals surface area contributed by atoms with Crippen molar-refractivity contribution in [2.75, 3.05) is 13.2 Å². The van der Waals surface area contributed by atoms with Gasteiger partial charge in [0, 0.05) is 23.1 Å². The predicted molar refractivity (Wildman–Crippen MR) is 98.7 cm³/mol. The molecule has 2 amide bonds. The molecule has 4 aliphatic carbocycles. The molecule has 6 nitrogen and oxygen atoms in total. The normalized spacial score (nSPS) is 33.4. The van der Waals surface area contributed by atoms with E-state index < -0.39 is 5.82 Å². The Morgan fingerprint density at radius 3 is 2.75 bits per heavy atom. The number of nitrogens with zero attached hydrogens (tertiary/aromatic N) is 1. The van der Waals surface area contributed by atoms with Gasteiger partial charge in [0.15, 0.2) is 6.61 Å². The molecular formula is C20H22ClFN2O4. The summed E-state index contributed by atoms with van der Waals surface area (Å²) in [5.41, 5.74) is -0.191. The minimum Gasteiger partial charge on any atom is -0.484 e. The number of nitrogens with one attached hydrogen (secondary N) is 1. The van der Waals surface area contributed by atoms with Crippen LogP contribution in [0.4, 0.5) is 9.18 Å². The molecule has 0 spiro atoms. The lowest BCUT2D eigenvalue weighted by molar-refractivity contribution is -0.207. The molecule has 1 aromatic carbocycles. The monoisotopic (exact) mass is 408 g/mol. The second-order valence-corrected chi connectivity index (χ2v) is 9.10. The number of cyclic esters (lactones) is 1. The third-order valence-electron chi connectivity index (χ3n) is 6.78. The van der Waals surface area contributed by atoms with Crippen LogP contribution in [0.3, 0.4) is 0 Å². The van der Waals surface area contributed by atoms with Crippen LogP contribution in [0.5, 0.6) is 5.75 Å². The molecule has 1 aromatic rings. The average Bonchev–Trinajstić information content (AvgIpc) is 2.90. The molecule has 8 heteroatoms. The van der Waals surface area contributed by atoms with Crippen LogP contribution < -0.4 is 10.1 Å². The quantitative estimate of drug-likeness (QED) is 0.784. The van der Waals surface area contributed by atoms with Crippen LogP contribution in [-0.2, 0) is 9.53 Å². The number of hydrogen-bond donors (Lipinski definition) is 1. The number of halogens is 2. The summed E-state index contributed by atoms with van der Waals surface area (Å²) in [6, 6.07) is 4.43. The summed E-state index contributed by atoms with van der Waals surface area (Å²) in [7, 11) is 0. The number of benzene rings is 1. The Morgan fingerprint density at radius 1 is 1.36 bits per heavy atom. The van der Waals surface area contributed by atoms with E-state index in [-0.39, 0.29) is 46.4 Å². The lowest BCUT2D eigenvalue weighted by atomic mass is 9.37. The SMILES string of the molecule is O=C(COc1ccc(Cl)c(F)c1)NC12CC(C3CN(C4CCC4)C(=O)O3)(C1)C2. The van der Waals surface area contributed by atoms with E-state index >= 15 is 0 Å². The van der Waals surface area contributed by atoms with Gasteiger partial charge >= 0.3 is 6.09 Å². The number of rotatable bonds is 6. The summed E-state index contributed by atoms with van der Waals surface area (Å²) in [4.78, 5) is 26.2. The fourth-order valence-corrected chi connectivity index (χ4v) is 5.30. The third-order valence-corrected chi connectivity index (χ3v) is 7.08. The lowest BCUT2D eigenvalue weighted by Gasteiger charge is -2.71. The van der Waals surface area contributed by atoms with Crippen molar-refractivity contribution in [2.24, 2.45) is 5.41 Å². The van der Waals surface area contributed by atoms with Gasteiger partial charge in [-0.15, -0.1) is 0 Å². The first-order valence-corrected chi connectivity index (χ1v) is 10.1. The highest BCUT2D eigenvalue weighted by molar-refractivity contribution is 6.30. The van der Waals surface area contributed by atoms with Crippen molar-refractivity contribution in [3.63, 3.8) is 0 Å². The molecule has 4 saturated carbocycles. The summed E-state index contributed by atoms with van der Waals surface area (Å²) >= 11 is 5.63. The van der Waals surface area contributed by atoms with E-state index in [4.69, 9.17) is 21.1 Å². The van der Waals surface area contributed by atoms with Gasteiger partial charge in [0.1, 0.15) is 17.7 Å². The molecule has 1 atom stereocenters. The smallest absolute Gasteiger partial charge is 0.410 e. The van der Waals surface area contributed by atoms with Crippen molar-refractivity contribution in [3.05, 3.63) is 29.0 Å². The van der Waals surface area contributed by atoms with Crippen LogP contribution in [0.25, 0.3) is 0 Å². The lowest BCUT2D eigenvalue weighted by Crippen LogP contribution is -2.78. The molecular weight excluding hydrogens is 387 g/mol. The minimum absolute atomic E-state index is 0.0134. The van der Waals surface area contributed by atoms with Crippen LogP contribution in [0.2, 0.25) is 5.02 Å². The molecule has 5 fully saturated rings. The van der Waals surface area contributed by atoms with Crippen LogP contribution in [0.1, 0.15) is 38.5 Å². The Morgan fingerprint density at radius 2 is 2.11 bits per heavy atom. The molecule has 150 valence electrons. The first kappa shape index (κ1) is 18.0. The van der Waals surface area contributed by atoms with Crippen molar-refractivity contribution >= 4 is 23.6 Å². The fourth-order valence-electron chi connectivity index (χ4n) is 5.18. The van der Waals surface area contributed by atoms with E-state index in [0.717, 1.165) is 38.2 Å². The Labute approximate surface area is 167 Å². The van der Waals surface area contributed by atoms with E-state index in [0.29, 0.717) is 12.6 Å². The summed E-state index contributed by atoms with van der Waals surface area (Å²) < 4.78 is 24.4. The van der Waals surface area contributed by atoms with Crippen molar-refractivity contribution in [3.8, 4) is 5.75 Å². The standard InChI is InChI=1S/C20H22ClFN2O4/c21-14-5-4-13(6-15(14)22)27-8-17(25)23-20-9-19(10-20,11-20)16-7-24(18(26)28-16)12-2-1-3-12/h4-6,12,16H,1-3,7-11H2,(H,23,25). The number of ether oxygens (including phenoxy) is 2. The van der Waals surface area contributed by atoms with Crippen molar-refractivity contribution in [1.29, 1.82) is 0 Å². The number of hydrogen-bond acceptors (Lipinski definition) is 4. The van der Waals surface area contributed by atoms with Gasteiger partial charge < -0.3 is 19.7 Å². The Balaban J connectivity index is 1.10. The number of amides is 2. The zero-order valence-electron chi connectivity index (χ0n) is 15.4. The third kappa shape index (κ3) is 2.82. The Kier molecular flexibility index (Phi) is 4.02. The van der Waals surface area contributed by atoms with Crippen molar-refractivity contribution in [2.45, 2.75) is 56.2 Å². The highest BCUT2D eigenvalue weighted by atomic mass is 35.5. The van der Waals surface area contributed by atoms with Gasteiger partial charge in [0.2, 0.25) is 0 Å². The zero-order valence-corrected chi connectivity index (χ0v) is 16.1. The number of carbonyl (C=O) groups is 2. The first-order chi connectivity index (χ1) is 13.4. The van der Waals surface area contributed by atoms with E-state index in [1.165, 1.54) is 18.6 Å². The second-order valence-electron chi connectivity index (χ2n) is 8.70. The van der Waals surface area contributed by atoms with E-state index in [1.807, 2.05) is 4.90 Å². The van der Waals surface area contributed by atoms with Crippen molar-refractivity contribution < 1.29 is 23.5 Å². The average molecular weight is 409 g/mol. The van der Waals surface area contributed by atoms with Crippen LogP contribution in [-0.4, -0.2) is 47.7 Å². The number of carbonyl (C=O) groups excluding carboxylic acids is 2. The zero-order chi connectivity index (χ0) is 19.5. The van der Waals surface area contributed by atoms with Gasteiger partial charge in [-0.25, -0.2) is 9.18 Å². The van der Waals surface area contributed by atoms with E-state index in [9.17, 15) is 14.0 Å². The van der Waals surface area contributed by atoms with Gasteiger partial charge in [-0.1, -0.05) is 11.6 Å². The van der Waals surface area contributed by atoms with Gasteiger partial charge in [-0.2, -0.15) is 0 Å². The second kappa shape index (κ2) is 6.24. The van der Waals surface area contributed by atoms with Crippen LogP contribution >= 0.6 is 11.6 Å². The molecule has 0 radical (unpaired) electrons. The summed E-state index contributed by atoms with van der Waals surface area (Å²) in [5.74, 6) is -0.550. The summed E-state index contributed by atoms with van der Waals surface area (Å²) in [6.07, 6.45) is 5.59. The molecule has 1 aliphatic heterocycles. The summed E-state index contributed by atoms with van der Waals surface area (Å²) in [5, 5.41) is 3.05. The van der Waals surface area contributed by atoms with Crippen molar-refractivity contribution in [1.82, 2.24) is 10.2 Å². The van der Waals surface area contributed by atoms with Gasteiger partial charge in [0.05, 0.1) is 11.6 Å². The van der Waals surface area contributed by atoms with Crippen LogP contribution in [0.15, 0.2) is 18.2 Å². The Hall–Kier alpha value is -2.02. The van der Waals surface area contributed by atoms with Crippen LogP contribution in [0, 0.1) is 11.2 Å². The molecule has 1 heterocycles. The maximum Gasteiger partial charge on any atom is 0.410 e. The Bertz CT molecular complexity index is 824. The predicted octanol–water partition coefficient (Wildman–Crippen LogP) is 3.27. The first-order valence-electron chi connectivity index (χ1n) is 9.74. The highest BCUT2D eigenvalue weighted by Gasteiger charge is 2.73. The highest BCUT2D eigenvalue weighted by Crippen LogP contribution is 2.70. The molecule has 28 heavy (non-hydrogen) atoms. The molecule has 1 saturated heterocycles. The largest absolute Gasteiger partial charge is 0.484 e. The van der Waals surface area contributed by atoms with E-state index in [2.05, 4.69) is 5.32 Å². The maximum absolute atomic E-state index is 13.4. The molecule has 1 N–H and O–H groups in total. The van der Waals surface area contributed by atoms with Gasteiger partial charge in [0.25, 0.3) is 5.91 Å². The molecule has 5 aliphatic rings. The molecule has 6 rings (SSSR count). The molecule has 2 bridgehead atoms. The fraction of sp³-hybridized carbons (Fsp3) is 0.600. The van der Waals surface area contributed by atoms with Gasteiger partial charge in [-0.05, 0) is 50.7 Å².